The first-order valence-electron chi connectivity index (χ1n) is 7.26. The van der Waals surface area contributed by atoms with Crippen molar-refractivity contribution < 1.29 is 5.11 Å². The third-order valence-electron chi connectivity index (χ3n) is 4.11. The summed E-state index contributed by atoms with van der Waals surface area (Å²) < 4.78 is 1.52. The molecule has 2 unspecified atom stereocenters. The molecule has 3 N–H and O–H groups in total. The summed E-state index contributed by atoms with van der Waals surface area (Å²) in [6, 6.07) is 4.75. The van der Waals surface area contributed by atoms with Gasteiger partial charge in [-0.3, -0.25) is 4.79 Å². The van der Waals surface area contributed by atoms with E-state index in [-0.39, 0.29) is 18.1 Å². The average Bonchev–Trinajstić information content (AvgIpc) is 2.42. The molecule has 4 nitrogen and oxygen atoms in total. The fourth-order valence-corrected chi connectivity index (χ4v) is 2.91. The molecule has 2 atom stereocenters. The number of nitrogens with two attached hydrogens (primary N) is 1. The molecule has 2 rings (SSSR count). The summed E-state index contributed by atoms with van der Waals surface area (Å²) in [6.45, 7) is 0.285. The summed E-state index contributed by atoms with van der Waals surface area (Å²) in [7, 11) is 0. The van der Waals surface area contributed by atoms with Crippen LogP contribution in [0.5, 0.6) is 0 Å². The molecule has 1 aliphatic carbocycles. The van der Waals surface area contributed by atoms with E-state index in [1.54, 1.807) is 18.3 Å². The molecule has 19 heavy (non-hydrogen) atoms. The van der Waals surface area contributed by atoms with E-state index in [9.17, 15) is 9.90 Å². The topological polar surface area (TPSA) is 68.2 Å². The van der Waals surface area contributed by atoms with Crippen LogP contribution in [0.2, 0.25) is 0 Å². The van der Waals surface area contributed by atoms with E-state index in [4.69, 9.17) is 5.73 Å². The molecule has 0 saturated heterocycles. The van der Waals surface area contributed by atoms with E-state index in [2.05, 4.69) is 0 Å². The van der Waals surface area contributed by atoms with E-state index >= 15 is 0 Å². The minimum absolute atomic E-state index is 0.0913. The van der Waals surface area contributed by atoms with Crippen molar-refractivity contribution in [1.29, 1.82) is 0 Å². The lowest BCUT2D eigenvalue weighted by Crippen LogP contribution is -2.41. The molecular weight excluding hydrogens is 240 g/mol. The second-order valence-electron chi connectivity index (χ2n) is 5.66. The molecule has 1 aromatic rings. The highest BCUT2D eigenvalue weighted by Gasteiger charge is 2.22. The Hall–Kier alpha value is -1.13. The van der Waals surface area contributed by atoms with Crippen LogP contribution in [0.15, 0.2) is 29.2 Å². The van der Waals surface area contributed by atoms with E-state index in [0.717, 1.165) is 6.42 Å². The Kier molecular flexibility index (Phi) is 5.16. The maximum absolute atomic E-state index is 11.6. The summed E-state index contributed by atoms with van der Waals surface area (Å²) >= 11 is 0. The van der Waals surface area contributed by atoms with Gasteiger partial charge in [0.25, 0.3) is 5.56 Å². The Balaban J connectivity index is 1.86. The van der Waals surface area contributed by atoms with E-state index in [1.165, 1.54) is 42.7 Å². The highest BCUT2D eigenvalue weighted by Crippen LogP contribution is 2.27. The van der Waals surface area contributed by atoms with Crippen molar-refractivity contribution >= 4 is 0 Å². The molecule has 0 spiro atoms. The lowest BCUT2D eigenvalue weighted by Gasteiger charge is -2.27. The summed E-state index contributed by atoms with van der Waals surface area (Å²) in [4.78, 5) is 11.6. The van der Waals surface area contributed by atoms with Crippen molar-refractivity contribution in [3.05, 3.63) is 34.7 Å². The van der Waals surface area contributed by atoms with Crippen molar-refractivity contribution in [2.24, 2.45) is 11.7 Å². The third kappa shape index (κ3) is 4.18. The van der Waals surface area contributed by atoms with E-state index < -0.39 is 6.10 Å². The third-order valence-corrected chi connectivity index (χ3v) is 4.11. The van der Waals surface area contributed by atoms with Crippen LogP contribution >= 0.6 is 0 Å². The molecule has 0 radical (unpaired) electrons. The summed E-state index contributed by atoms with van der Waals surface area (Å²) in [6.07, 6.45) is 8.26. The van der Waals surface area contributed by atoms with Gasteiger partial charge in [0, 0.05) is 18.3 Å². The SMILES string of the molecule is NC(CC1CCCCC1)C(O)Cn1ccccc1=O. The molecule has 0 aromatic carbocycles. The van der Waals surface area contributed by atoms with Gasteiger partial charge in [-0.05, 0) is 18.4 Å². The zero-order chi connectivity index (χ0) is 13.7. The predicted octanol–water partition coefficient (Wildman–Crippen LogP) is 1.51. The number of aromatic nitrogens is 1. The first-order chi connectivity index (χ1) is 9.16. The highest BCUT2D eigenvalue weighted by molar-refractivity contribution is 4.94. The zero-order valence-corrected chi connectivity index (χ0v) is 11.4. The van der Waals surface area contributed by atoms with Crippen molar-refractivity contribution in [3.63, 3.8) is 0 Å². The Morgan fingerprint density at radius 3 is 2.74 bits per heavy atom. The van der Waals surface area contributed by atoms with E-state index in [1.807, 2.05) is 0 Å². The number of pyridine rings is 1. The summed E-state index contributed by atoms with van der Waals surface area (Å²) in [5.41, 5.74) is 5.99. The molecular formula is C15H24N2O2. The number of hydrogen-bond acceptors (Lipinski definition) is 3. The molecule has 1 heterocycles. The van der Waals surface area contributed by atoms with Crippen LogP contribution < -0.4 is 11.3 Å². The summed E-state index contributed by atoms with van der Waals surface area (Å²) in [5, 5.41) is 10.1. The summed E-state index contributed by atoms with van der Waals surface area (Å²) in [5.74, 6) is 0.644. The lowest BCUT2D eigenvalue weighted by atomic mass is 9.84. The number of hydrogen-bond donors (Lipinski definition) is 2. The number of nitrogens with zero attached hydrogens (tertiary/aromatic N) is 1. The van der Waals surface area contributed by atoms with Gasteiger partial charge in [0.1, 0.15) is 0 Å². The Morgan fingerprint density at radius 2 is 2.05 bits per heavy atom. The second kappa shape index (κ2) is 6.87. The van der Waals surface area contributed by atoms with Crippen LogP contribution in [0, 0.1) is 5.92 Å². The molecule has 0 aliphatic heterocycles. The van der Waals surface area contributed by atoms with Gasteiger partial charge < -0.3 is 15.4 Å². The molecule has 0 amide bonds. The maximum atomic E-state index is 11.6. The van der Waals surface area contributed by atoms with Crippen molar-refractivity contribution in [3.8, 4) is 0 Å². The zero-order valence-electron chi connectivity index (χ0n) is 11.4. The monoisotopic (exact) mass is 264 g/mol. The molecule has 0 bridgehead atoms. The molecule has 1 saturated carbocycles. The maximum Gasteiger partial charge on any atom is 0.250 e. The van der Waals surface area contributed by atoms with Gasteiger partial charge in [0.05, 0.1) is 12.6 Å². The van der Waals surface area contributed by atoms with Gasteiger partial charge in [-0.25, -0.2) is 0 Å². The quantitative estimate of drug-likeness (QED) is 0.847. The molecule has 1 aliphatic rings. The van der Waals surface area contributed by atoms with E-state index in [0.29, 0.717) is 5.92 Å². The van der Waals surface area contributed by atoms with Crippen LogP contribution in [0.3, 0.4) is 0 Å². The minimum atomic E-state index is -0.651. The van der Waals surface area contributed by atoms with Gasteiger partial charge >= 0.3 is 0 Å². The van der Waals surface area contributed by atoms with Gasteiger partial charge in [-0.2, -0.15) is 0 Å². The van der Waals surface area contributed by atoms with Crippen molar-refractivity contribution in [2.75, 3.05) is 0 Å². The van der Waals surface area contributed by atoms with Crippen LogP contribution in [0.25, 0.3) is 0 Å². The number of aliphatic hydroxyl groups excluding tert-OH is 1. The first-order valence-corrected chi connectivity index (χ1v) is 7.26. The predicted molar refractivity (Wildman–Crippen MR) is 75.9 cm³/mol. The highest BCUT2D eigenvalue weighted by atomic mass is 16.3. The van der Waals surface area contributed by atoms with Crippen molar-refractivity contribution in [2.45, 2.75) is 57.2 Å². The second-order valence-corrected chi connectivity index (χ2v) is 5.66. The van der Waals surface area contributed by atoms with Gasteiger partial charge in [0.15, 0.2) is 0 Å². The normalized spacial score (nSPS) is 20.1. The number of rotatable bonds is 5. The molecule has 106 valence electrons. The van der Waals surface area contributed by atoms with Gasteiger partial charge in [0.2, 0.25) is 0 Å². The first kappa shape index (κ1) is 14.3. The van der Waals surface area contributed by atoms with Gasteiger partial charge in [-0.1, -0.05) is 38.2 Å². The fourth-order valence-electron chi connectivity index (χ4n) is 2.91. The fraction of sp³-hybridized carbons (Fsp3) is 0.667. The standard InChI is InChI=1S/C15H24N2O2/c16-13(10-12-6-2-1-3-7-12)14(18)11-17-9-5-4-8-15(17)19/h4-5,8-9,12-14,18H,1-3,6-7,10-11,16H2. The van der Waals surface area contributed by atoms with Crippen LogP contribution in [0.1, 0.15) is 38.5 Å². The Labute approximate surface area is 114 Å². The Morgan fingerprint density at radius 1 is 1.32 bits per heavy atom. The smallest absolute Gasteiger partial charge is 0.250 e. The van der Waals surface area contributed by atoms with Crippen LogP contribution in [-0.4, -0.2) is 21.8 Å². The lowest BCUT2D eigenvalue weighted by molar-refractivity contribution is 0.108. The van der Waals surface area contributed by atoms with Gasteiger partial charge in [-0.15, -0.1) is 0 Å². The molecule has 4 heteroatoms. The van der Waals surface area contributed by atoms with Crippen LogP contribution in [0.4, 0.5) is 0 Å². The number of aliphatic hydroxyl groups is 1. The minimum Gasteiger partial charge on any atom is -0.390 e. The van der Waals surface area contributed by atoms with Crippen molar-refractivity contribution in [1.82, 2.24) is 4.57 Å². The largest absolute Gasteiger partial charge is 0.390 e. The average molecular weight is 264 g/mol. The molecule has 1 aromatic heterocycles. The Bertz CT molecular complexity index is 438. The van der Waals surface area contributed by atoms with Crippen LogP contribution in [-0.2, 0) is 6.54 Å². The molecule has 1 fully saturated rings.